The topological polar surface area (TPSA) is 71.5 Å². The van der Waals surface area contributed by atoms with Crippen LogP contribution in [0.1, 0.15) is 42.4 Å². The first-order chi connectivity index (χ1) is 14.6. The molecule has 0 saturated heterocycles. The fourth-order valence-corrected chi connectivity index (χ4v) is 3.55. The Labute approximate surface area is 177 Å². The van der Waals surface area contributed by atoms with E-state index in [2.05, 4.69) is 34.6 Å². The maximum absolute atomic E-state index is 12.0. The van der Waals surface area contributed by atoms with Crippen LogP contribution in [0.4, 0.5) is 4.79 Å². The van der Waals surface area contributed by atoms with Crippen LogP contribution in [-0.2, 0) is 11.3 Å². The average molecular weight is 405 g/mol. The standard InChI is InChI=1S/C25H28N2O3/c1-19(27-25(29)30-18-20-9-8-14-26-17-20)15-23(28)16-24(21-10-4-2-5-11-21)22-12-6-3-7-13-22/h2-14,17,19,23-24,28H,15-16,18H2,1H3,(H,27,29). The van der Waals surface area contributed by atoms with Crippen molar-refractivity contribution in [2.45, 2.75) is 44.4 Å². The molecule has 2 N–H and O–H groups in total. The van der Waals surface area contributed by atoms with Crippen LogP contribution in [0.15, 0.2) is 85.2 Å². The molecular formula is C25H28N2O3. The predicted molar refractivity (Wildman–Crippen MR) is 117 cm³/mol. The minimum Gasteiger partial charge on any atom is -0.445 e. The zero-order chi connectivity index (χ0) is 21.2. The Hall–Kier alpha value is -3.18. The molecule has 1 amide bonds. The molecule has 1 aromatic heterocycles. The lowest BCUT2D eigenvalue weighted by atomic mass is 9.85. The van der Waals surface area contributed by atoms with Crippen molar-refractivity contribution < 1.29 is 14.6 Å². The third kappa shape index (κ3) is 6.71. The molecule has 3 rings (SSSR count). The molecule has 5 heteroatoms. The number of nitrogens with zero attached hydrogens (tertiary/aromatic N) is 1. The highest BCUT2D eigenvalue weighted by atomic mass is 16.5. The zero-order valence-corrected chi connectivity index (χ0v) is 17.1. The molecule has 0 spiro atoms. The number of hydrogen-bond acceptors (Lipinski definition) is 4. The Balaban J connectivity index is 1.53. The molecule has 2 aromatic carbocycles. The molecule has 0 aliphatic rings. The highest BCUT2D eigenvalue weighted by Gasteiger charge is 2.21. The van der Waals surface area contributed by atoms with Gasteiger partial charge in [0.2, 0.25) is 0 Å². The van der Waals surface area contributed by atoms with E-state index in [1.54, 1.807) is 18.5 Å². The largest absolute Gasteiger partial charge is 0.445 e. The van der Waals surface area contributed by atoms with Gasteiger partial charge in [-0.15, -0.1) is 0 Å². The van der Waals surface area contributed by atoms with Gasteiger partial charge in [-0.3, -0.25) is 4.98 Å². The number of nitrogens with one attached hydrogen (secondary N) is 1. The van der Waals surface area contributed by atoms with Crippen LogP contribution < -0.4 is 5.32 Å². The van der Waals surface area contributed by atoms with E-state index >= 15 is 0 Å². The summed E-state index contributed by atoms with van der Waals surface area (Å²) in [6.45, 7) is 2.04. The first kappa shape index (κ1) is 21.5. The van der Waals surface area contributed by atoms with E-state index in [1.165, 1.54) is 11.1 Å². The Morgan fingerprint density at radius 3 is 2.17 bits per heavy atom. The minimum absolute atomic E-state index is 0.0899. The number of ether oxygens (including phenoxy) is 1. The molecule has 0 radical (unpaired) electrons. The number of benzene rings is 2. The Morgan fingerprint density at radius 1 is 0.967 bits per heavy atom. The molecule has 2 unspecified atom stereocenters. The van der Waals surface area contributed by atoms with Crippen molar-refractivity contribution in [1.29, 1.82) is 0 Å². The van der Waals surface area contributed by atoms with Crippen LogP contribution in [0.5, 0.6) is 0 Å². The lowest BCUT2D eigenvalue weighted by Gasteiger charge is -2.23. The molecule has 0 aliphatic carbocycles. The van der Waals surface area contributed by atoms with Gasteiger partial charge < -0.3 is 15.2 Å². The van der Waals surface area contributed by atoms with Gasteiger partial charge in [0.25, 0.3) is 0 Å². The van der Waals surface area contributed by atoms with Crippen molar-refractivity contribution in [1.82, 2.24) is 10.3 Å². The Bertz CT molecular complexity index is 849. The van der Waals surface area contributed by atoms with E-state index in [1.807, 2.05) is 49.4 Å². The molecule has 1 heterocycles. The van der Waals surface area contributed by atoms with E-state index < -0.39 is 12.2 Å². The zero-order valence-electron chi connectivity index (χ0n) is 17.1. The van der Waals surface area contributed by atoms with E-state index in [4.69, 9.17) is 4.74 Å². The molecule has 30 heavy (non-hydrogen) atoms. The molecule has 0 aliphatic heterocycles. The van der Waals surface area contributed by atoms with Gasteiger partial charge in [0.15, 0.2) is 0 Å². The molecule has 0 bridgehead atoms. The van der Waals surface area contributed by atoms with Crippen LogP contribution in [0, 0.1) is 0 Å². The number of carbonyl (C=O) groups is 1. The SMILES string of the molecule is CC(CC(O)CC(c1ccccc1)c1ccccc1)NC(=O)OCc1cccnc1. The second-order valence-electron chi connectivity index (χ2n) is 7.48. The van der Waals surface area contributed by atoms with Gasteiger partial charge in [0, 0.05) is 29.9 Å². The van der Waals surface area contributed by atoms with Crippen LogP contribution in [0.2, 0.25) is 0 Å². The van der Waals surface area contributed by atoms with Crippen LogP contribution in [0.25, 0.3) is 0 Å². The molecule has 5 nitrogen and oxygen atoms in total. The Kier molecular flexibility index (Phi) is 7.98. The summed E-state index contributed by atoms with van der Waals surface area (Å²) in [7, 11) is 0. The van der Waals surface area contributed by atoms with E-state index in [9.17, 15) is 9.90 Å². The fraction of sp³-hybridized carbons (Fsp3) is 0.280. The van der Waals surface area contributed by atoms with Crippen molar-refractivity contribution in [3.63, 3.8) is 0 Å². The predicted octanol–water partition coefficient (Wildman–Crippen LogP) is 4.67. The van der Waals surface area contributed by atoms with Crippen LogP contribution in [-0.4, -0.2) is 28.3 Å². The lowest BCUT2D eigenvalue weighted by Crippen LogP contribution is -2.35. The number of amides is 1. The van der Waals surface area contributed by atoms with Gasteiger partial charge in [0.1, 0.15) is 6.61 Å². The highest BCUT2D eigenvalue weighted by molar-refractivity contribution is 5.67. The van der Waals surface area contributed by atoms with Gasteiger partial charge in [-0.05, 0) is 37.0 Å². The monoisotopic (exact) mass is 404 g/mol. The number of alkyl carbamates (subject to hydrolysis) is 1. The van der Waals surface area contributed by atoms with E-state index in [0.717, 1.165) is 5.56 Å². The first-order valence-corrected chi connectivity index (χ1v) is 10.2. The molecule has 0 saturated carbocycles. The lowest BCUT2D eigenvalue weighted by molar-refractivity contribution is 0.119. The quantitative estimate of drug-likeness (QED) is 0.544. The fourth-order valence-electron chi connectivity index (χ4n) is 3.55. The summed E-state index contributed by atoms with van der Waals surface area (Å²) in [4.78, 5) is 16.0. The number of hydrogen-bond donors (Lipinski definition) is 2. The second-order valence-corrected chi connectivity index (χ2v) is 7.48. The van der Waals surface area contributed by atoms with Gasteiger partial charge in [0.05, 0.1) is 6.10 Å². The Morgan fingerprint density at radius 2 is 1.60 bits per heavy atom. The third-order valence-electron chi connectivity index (χ3n) is 4.99. The molecule has 2 atom stereocenters. The smallest absolute Gasteiger partial charge is 0.407 e. The number of rotatable bonds is 9. The van der Waals surface area contributed by atoms with Crippen molar-refractivity contribution in [3.05, 3.63) is 102 Å². The summed E-state index contributed by atoms with van der Waals surface area (Å²) in [6, 6.07) is 23.8. The second kappa shape index (κ2) is 11.1. The maximum atomic E-state index is 12.0. The number of aromatic nitrogens is 1. The van der Waals surface area contributed by atoms with Crippen molar-refractivity contribution >= 4 is 6.09 Å². The van der Waals surface area contributed by atoms with Gasteiger partial charge in [-0.2, -0.15) is 0 Å². The van der Waals surface area contributed by atoms with Gasteiger partial charge in [-0.25, -0.2) is 4.79 Å². The molecule has 0 fully saturated rings. The number of carbonyl (C=O) groups excluding carboxylic acids is 1. The van der Waals surface area contributed by atoms with Crippen molar-refractivity contribution in [3.8, 4) is 0 Å². The van der Waals surface area contributed by atoms with Gasteiger partial charge >= 0.3 is 6.09 Å². The summed E-state index contributed by atoms with van der Waals surface area (Å²) in [5, 5.41) is 13.5. The summed E-state index contributed by atoms with van der Waals surface area (Å²) in [5.41, 5.74) is 3.16. The van der Waals surface area contributed by atoms with E-state index in [0.29, 0.717) is 12.8 Å². The normalized spacial score (nSPS) is 12.9. The third-order valence-corrected chi connectivity index (χ3v) is 4.99. The van der Waals surface area contributed by atoms with Crippen molar-refractivity contribution in [2.24, 2.45) is 0 Å². The summed E-state index contributed by atoms with van der Waals surface area (Å²) in [5.74, 6) is 0.0899. The van der Waals surface area contributed by atoms with Crippen molar-refractivity contribution in [2.75, 3.05) is 0 Å². The number of pyridine rings is 1. The van der Waals surface area contributed by atoms with Crippen LogP contribution in [0.3, 0.4) is 0 Å². The highest BCUT2D eigenvalue weighted by Crippen LogP contribution is 2.30. The summed E-state index contributed by atoms with van der Waals surface area (Å²) in [6.07, 6.45) is 3.28. The van der Waals surface area contributed by atoms with Gasteiger partial charge in [-0.1, -0.05) is 66.7 Å². The average Bonchev–Trinajstić information content (AvgIpc) is 2.78. The molecular weight excluding hydrogens is 376 g/mol. The number of aliphatic hydroxyl groups excluding tert-OH is 1. The number of aliphatic hydroxyl groups is 1. The minimum atomic E-state index is -0.566. The van der Waals surface area contributed by atoms with Crippen LogP contribution >= 0.6 is 0 Å². The van der Waals surface area contributed by atoms with E-state index in [-0.39, 0.29) is 18.6 Å². The maximum Gasteiger partial charge on any atom is 0.407 e. The molecule has 3 aromatic rings. The first-order valence-electron chi connectivity index (χ1n) is 10.2. The summed E-state index contributed by atoms with van der Waals surface area (Å²) >= 11 is 0. The summed E-state index contributed by atoms with van der Waals surface area (Å²) < 4.78 is 5.23. The molecule has 156 valence electrons.